The molecule has 1 unspecified atom stereocenters. The molecular formula is C43H48N6O9. The number of hydrogen-bond acceptors (Lipinski definition) is 12. The van der Waals surface area contributed by atoms with Crippen LogP contribution in [0.5, 0.6) is 17.2 Å². The molecule has 0 radical (unpaired) electrons. The average molecular weight is 793 g/mol. The van der Waals surface area contributed by atoms with Crippen LogP contribution in [0.4, 0.5) is 0 Å². The van der Waals surface area contributed by atoms with E-state index in [-0.39, 0.29) is 35.1 Å². The summed E-state index contributed by atoms with van der Waals surface area (Å²) in [5, 5.41) is 3.59. The van der Waals surface area contributed by atoms with Gasteiger partial charge in [0, 0.05) is 70.3 Å². The Morgan fingerprint density at radius 1 is 0.879 bits per heavy atom. The topological polar surface area (TPSA) is 162 Å². The second-order valence-electron chi connectivity index (χ2n) is 15.5. The van der Waals surface area contributed by atoms with E-state index in [0.29, 0.717) is 30.9 Å². The molecule has 4 amide bonds. The quantitative estimate of drug-likeness (QED) is 0.164. The molecule has 4 aliphatic rings. The normalized spacial score (nSPS) is 19.8. The zero-order chi connectivity index (χ0) is 40.6. The highest BCUT2D eigenvalue weighted by atomic mass is 16.5. The summed E-state index contributed by atoms with van der Waals surface area (Å²) >= 11 is 0. The van der Waals surface area contributed by atoms with Gasteiger partial charge in [-0.15, -0.1) is 0 Å². The number of likely N-dealkylation sites (tertiary alicyclic amines) is 1. The van der Waals surface area contributed by atoms with Crippen LogP contribution >= 0.6 is 0 Å². The van der Waals surface area contributed by atoms with E-state index >= 15 is 0 Å². The van der Waals surface area contributed by atoms with E-state index < -0.39 is 29.7 Å². The van der Waals surface area contributed by atoms with Crippen molar-refractivity contribution in [2.75, 3.05) is 60.2 Å². The summed E-state index contributed by atoms with van der Waals surface area (Å²) in [6.07, 6.45) is 8.89. The minimum atomic E-state index is -1.00. The number of amides is 4. The zero-order valence-corrected chi connectivity index (χ0v) is 33.1. The van der Waals surface area contributed by atoms with Gasteiger partial charge in [-0.3, -0.25) is 49.0 Å². The van der Waals surface area contributed by atoms with Crippen LogP contribution in [0.25, 0.3) is 21.9 Å². The van der Waals surface area contributed by atoms with E-state index in [2.05, 4.69) is 20.1 Å². The zero-order valence-electron chi connectivity index (χ0n) is 33.1. The highest BCUT2D eigenvalue weighted by Crippen LogP contribution is 2.39. The van der Waals surface area contributed by atoms with Crippen LogP contribution in [0.15, 0.2) is 59.8 Å². The highest BCUT2D eigenvalue weighted by Gasteiger charge is 2.45. The van der Waals surface area contributed by atoms with Gasteiger partial charge in [0.05, 0.1) is 55.1 Å². The number of pyridine rings is 2. The maximum absolute atomic E-state index is 13.2. The molecule has 2 aromatic carbocycles. The molecule has 304 valence electrons. The SMILES string of the molecule is COc1cc(-c2cn(C)c(=O)c3cnccc23)cc(OC)c1CN1CCC2(CC1)CN(CCCCOc1ccc3c(c1)C(=O)N(C1CCC(=O)NC1=O)C3=O)CCO2. The Morgan fingerprint density at radius 2 is 1.64 bits per heavy atom. The fourth-order valence-electron chi connectivity index (χ4n) is 8.76. The van der Waals surface area contributed by atoms with Gasteiger partial charge in [-0.25, -0.2) is 0 Å². The summed E-state index contributed by atoms with van der Waals surface area (Å²) in [7, 11) is 5.09. The third kappa shape index (κ3) is 7.56. The predicted octanol–water partition coefficient (Wildman–Crippen LogP) is 3.54. The van der Waals surface area contributed by atoms with Gasteiger partial charge in [0.15, 0.2) is 0 Å². The molecule has 15 nitrogen and oxygen atoms in total. The summed E-state index contributed by atoms with van der Waals surface area (Å²) in [6, 6.07) is 9.70. The monoisotopic (exact) mass is 792 g/mol. The van der Waals surface area contributed by atoms with Crippen LogP contribution in [0.3, 0.4) is 0 Å². The number of unbranched alkanes of at least 4 members (excludes halogenated alkanes) is 1. The third-order valence-corrected chi connectivity index (χ3v) is 11.9. The lowest BCUT2D eigenvalue weighted by Crippen LogP contribution is -2.56. The summed E-state index contributed by atoms with van der Waals surface area (Å²) in [6.45, 7) is 6.20. The number of nitrogens with zero attached hydrogens (tertiary/aromatic N) is 5. The Hall–Kier alpha value is -5.64. The fourth-order valence-corrected chi connectivity index (χ4v) is 8.76. The van der Waals surface area contributed by atoms with Crippen LogP contribution in [-0.4, -0.2) is 120 Å². The van der Waals surface area contributed by atoms with Gasteiger partial charge < -0.3 is 23.5 Å². The molecule has 3 saturated heterocycles. The largest absolute Gasteiger partial charge is 0.496 e. The molecule has 0 saturated carbocycles. The number of carbonyl (C=O) groups is 4. The fraction of sp³-hybridized carbons (Fsp3) is 0.442. The minimum Gasteiger partial charge on any atom is -0.496 e. The number of carbonyl (C=O) groups excluding carboxylic acids is 4. The van der Waals surface area contributed by atoms with E-state index in [1.807, 2.05) is 24.4 Å². The van der Waals surface area contributed by atoms with Crippen molar-refractivity contribution in [2.24, 2.45) is 7.05 Å². The van der Waals surface area contributed by atoms with E-state index in [1.54, 1.807) is 56.4 Å². The molecule has 2 aromatic heterocycles. The number of methoxy groups -OCH3 is 2. The Balaban J connectivity index is 0.827. The molecule has 8 rings (SSSR count). The lowest BCUT2D eigenvalue weighted by Gasteiger charge is -2.47. The van der Waals surface area contributed by atoms with Crippen LogP contribution in [0, 0.1) is 0 Å². The molecule has 0 bridgehead atoms. The number of nitrogens with one attached hydrogen (secondary N) is 1. The maximum atomic E-state index is 13.2. The number of morpholine rings is 1. The van der Waals surface area contributed by atoms with Crippen molar-refractivity contribution in [3.63, 3.8) is 0 Å². The molecule has 4 aliphatic heterocycles. The van der Waals surface area contributed by atoms with Gasteiger partial charge >= 0.3 is 0 Å². The van der Waals surface area contributed by atoms with Gasteiger partial charge in [-0.05, 0) is 86.0 Å². The number of rotatable bonds is 12. The molecule has 58 heavy (non-hydrogen) atoms. The number of imide groups is 2. The van der Waals surface area contributed by atoms with Crippen molar-refractivity contribution >= 4 is 34.4 Å². The van der Waals surface area contributed by atoms with Crippen LogP contribution in [0.2, 0.25) is 0 Å². The average Bonchev–Trinajstić information content (AvgIpc) is 3.47. The predicted molar refractivity (Wildman–Crippen MR) is 213 cm³/mol. The highest BCUT2D eigenvalue weighted by molar-refractivity contribution is 6.23. The second kappa shape index (κ2) is 16.3. The first kappa shape index (κ1) is 39.2. The summed E-state index contributed by atoms with van der Waals surface area (Å²) in [5.74, 6) is -0.178. The molecule has 3 fully saturated rings. The van der Waals surface area contributed by atoms with Gasteiger partial charge in [0.1, 0.15) is 23.3 Å². The standard InChI is InChI=1S/C43H48N6O9/c1-46-24-33(29-10-13-44-23-32(29)40(46)52)27-20-36(55-2)34(37(21-27)56-3)25-47-15-11-43(12-16-47)26-48(17-19-58-43)14-4-5-18-57-28-6-7-30-31(22-28)42(54)49(41(30)53)35-8-9-38(50)45-39(35)51/h6-7,10,13,20-24,35H,4-5,8-9,11-12,14-19,25-26H2,1-3H3,(H,45,50,51). The van der Waals surface area contributed by atoms with Gasteiger partial charge in [-0.2, -0.15) is 0 Å². The van der Waals surface area contributed by atoms with E-state index in [4.69, 9.17) is 18.9 Å². The van der Waals surface area contributed by atoms with Crippen molar-refractivity contribution < 1.29 is 38.1 Å². The van der Waals surface area contributed by atoms with Crippen LogP contribution in [0.1, 0.15) is 64.8 Å². The number of hydrogen-bond donors (Lipinski definition) is 1. The van der Waals surface area contributed by atoms with Gasteiger partial charge in [0.25, 0.3) is 17.4 Å². The van der Waals surface area contributed by atoms with E-state index in [9.17, 15) is 24.0 Å². The van der Waals surface area contributed by atoms with E-state index in [0.717, 1.165) is 96.9 Å². The lowest BCUT2D eigenvalue weighted by atomic mass is 9.89. The second-order valence-corrected chi connectivity index (χ2v) is 15.5. The first-order chi connectivity index (χ1) is 28.1. The molecule has 4 aromatic rings. The smallest absolute Gasteiger partial charge is 0.262 e. The molecular weight excluding hydrogens is 745 g/mol. The first-order valence-corrected chi connectivity index (χ1v) is 19.8. The molecule has 1 N–H and O–H groups in total. The number of benzene rings is 2. The molecule has 15 heteroatoms. The Labute approximate surface area is 335 Å². The number of aryl methyl sites for hydroxylation is 1. The summed E-state index contributed by atoms with van der Waals surface area (Å²) < 4.78 is 25.9. The number of aromatic nitrogens is 2. The third-order valence-electron chi connectivity index (χ3n) is 11.9. The van der Waals surface area contributed by atoms with E-state index in [1.165, 1.54) is 0 Å². The first-order valence-electron chi connectivity index (χ1n) is 19.8. The van der Waals surface area contributed by atoms with Crippen LogP contribution < -0.4 is 25.1 Å². The summed E-state index contributed by atoms with van der Waals surface area (Å²) in [5.41, 5.74) is 2.90. The molecule has 0 aliphatic carbocycles. The van der Waals surface area contributed by atoms with Crippen molar-refractivity contribution in [1.29, 1.82) is 0 Å². The van der Waals surface area contributed by atoms with Gasteiger partial charge in [0.2, 0.25) is 11.8 Å². The Morgan fingerprint density at radius 3 is 2.38 bits per heavy atom. The Kier molecular flexibility index (Phi) is 11.0. The molecule has 6 heterocycles. The molecule has 1 spiro atoms. The summed E-state index contributed by atoms with van der Waals surface area (Å²) in [4.78, 5) is 73.0. The van der Waals surface area contributed by atoms with Gasteiger partial charge in [-0.1, -0.05) is 0 Å². The number of piperidine rings is 2. The van der Waals surface area contributed by atoms with Crippen molar-refractivity contribution in [3.05, 3.63) is 82.0 Å². The molecule has 1 atom stereocenters. The Bertz CT molecular complexity index is 2310. The van der Waals surface area contributed by atoms with Crippen molar-refractivity contribution in [3.8, 4) is 28.4 Å². The lowest BCUT2D eigenvalue weighted by molar-refractivity contribution is -0.136. The minimum absolute atomic E-state index is 0.0736. The maximum Gasteiger partial charge on any atom is 0.262 e. The number of fused-ring (bicyclic) bond motifs is 2. The number of ether oxygens (including phenoxy) is 4. The van der Waals surface area contributed by atoms with Crippen molar-refractivity contribution in [1.82, 2.24) is 29.6 Å². The van der Waals surface area contributed by atoms with Crippen LogP contribution in [-0.2, 0) is 27.9 Å². The van der Waals surface area contributed by atoms with Crippen molar-refractivity contribution in [2.45, 2.75) is 56.7 Å².